The van der Waals surface area contributed by atoms with Crippen molar-refractivity contribution in [3.05, 3.63) is 0 Å². The van der Waals surface area contributed by atoms with Crippen molar-refractivity contribution in [2.24, 2.45) is 29.6 Å². The number of hydrogen-bond acceptors (Lipinski definition) is 3. The van der Waals surface area contributed by atoms with Gasteiger partial charge in [0.25, 0.3) is 0 Å². The van der Waals surface area contributed by atoms with Gasteiger partial charge < -0.3 is 15.2 Å². The van der Waals surface area contributed by atoms with Gasteiger partial charge in [-0.25, -0.2) is 0 Å². The van der Waals surface area contributed by atoms with Crippen LogP contribution >= 0.6 is 0 Å². The minimum atomic E-state index is -0.796. The number of fused-ring (bicyclic) bond motifs is 1. The van der Waals surface area contributed by atoms with Gasteiger partial charge >= 0.3 is 5.97 Å². The van der Waals surface area contributed by atoms with Gasteiger partial charge in [-0.15, -0.1) is 0 Å². The van der Waals surface area contributed by atoms with E-state index in [0.29, 0.717) is 25.0 Å². The van der Waals surface area contributed by atoms with Crippen LogP contribution in [0, 0.1) is 29.6 Å². The highest BCUT2D eigenvalue weighted by Crippen LogP contribution is 2.55. The Bertz CT molecular complexity index is 393. The average molecular weight is 295 g/mol. The summed E-state index contributed by atoms with van der Waals surface area (Å²) in [4.78, 5) is 23.7. The Morgan fingerprint density at radius 3 is 2.29 bits per heavy atom. The maximum Gasteiger partial charge on any atom is 0.308 e. The molecule has 1 amide bonds. The third-order valence-electron chi connectivity index (χ3n) is 5.61. The van der Waals surface area contributed by atoms with Gasteiger partial charge in [-0.1, -0.05) is 12.8 Å². The molecule has 0 radical (unpaired) electrons. The molecule has 3 fully saturated rings. The third kappa shape index (κ3) is 3.23. The van der Waals surface area contributed by atoms with E-state index in [9.17, 15) is 14.7 Å². The van der Waals surface area contributed by atoms with Gasteiger partial charge in [-0.3, -0.25) is 9.59 Å². The fourth-order valence-corrected chi connectivity index (χ4v) is 4.28. The molecule has 0 aromatic carbocycles. The maximum absolute atomic E-state index is 12.3. The molecule has 0 aromatic heterocycles. The summed E-state index contributed by atoms with van der Waals surface area (Å²) < 4.78 is 5.29. The highest BCUT2D eigenvalue weighted by atomic mass is 16.5. The molecule has 5 heteroatoms. The standard InChI is InChI=1S/C16H25NO4/c18-15(14-11-3-1-2-4-12(11)14)17-9-13(16(19)20)10-5-7-21-8-6-10/h10-14H,1-9H2,(H,17,18)(H,19,20). The Morgan fingerprint density at radius 1 is 1.10 bits per heavy atom. The molecule has 0 bridgehead atoms. The van der Waals surface area contributed by atoms with Crippen LogP contribution in [0.3, 0.4) is 0 Å². The number of rotatable bonds is 5. The van der Waals surface area contributed by atoms with Crippen LogP contribution in [0.15, 0.2) is 0 Å². The second-order valence-electron chi connectivity index (χ2n) is 6.78. The maximum atomic E-state index is 12.3. The van der Waals surface area contributed by atoms with Gasteiger partial charge in [0.1, 0.15) is 0 Å². The summed E-state index contributed by atoms with van der Waals surface area (Å²) in [5, 5.41) is 12.3. The highest BCUT2D eigenvalue weighted by Gasteiger charge is 2.54. The van der Waals surface area contributed by atoms with E-state index in [1.54, 1.807) is 0 Å². The first-order valence-corrected chi connectivity index (χ1v) is 8.26. The van der Waals surface area contributed by atoms with Gasteiger partial charge in [0.2, 0.25) is 5.91 Å². The van der Waals surface area contributed by atoms with Gasteiger partial charge in [-0.05, 0) is 43.4 Å². The van der Waals surface area contributed by atoms with Crippen molar-refractivity contribution in [1.82, 2.24) is 5.32 Å². The van der Waals surface area contributed by atoms with Gasteiger partial charge in [0, 0.05) is 25.7 Å². The second kappa shape index (κ2) is 6.34. The van der Waals surface area contributed by atoms with Crippen LogP contribution in [0.4, 0.5) is 0 Å². The molecule has 3 aliphatic rings. The zero-order chi connectivity index (χ0) is 14.8. The number of hydrogen-bond donors (Lipinski definition) is 2. The molecule has 3 unspecified atom stereocenters. The summed E-state index contributed by atoms with van der Waals surface area (Å²) in [6.45, 7) is 1.54. The Balaban J connectivity index is 1.50. The van der Waals surface area contributed by atoms with E-state index < -0.39 is 11.9 Å². The number of aliphatic carboxylic acids is 1. The monoisotopic (exact) mass is 295 g/mol. The fourth-order valence-electron chi connectivity index (χ4n) is 4.28. The molecule has 2 saturated carbocycles. The third-order valence-corrected chi connectivity index (χ3v) is 5.61. The van der Waals surface area contributed by atoms with Gasteiger partial charge in [0.05, 0.1) is 5.92 Å². The van der Waals surface area contributed by atoms with Gasteiger partial charge in [0.15, 0.2) is 0 Å². The largest absolute Gasteiger partial charge is 0.481 e. The SMILES string of the molecule is O=C(O)C(CNC(=O)C1C2CCCCC21)C1CCOCC1. The molecule has 1 heterocycles. The first kappa shape index (κ1) is 14.8. The van der Waals surface area contributed by atoms with Crippen LogP contribution in [-0.4, -0.2) is 36.7 Å². The van der Waals surface area contributed by atoms with Crippen molar-refractivity contribution in [2.45, 2.75) is 38.5 Å². The first-order valence-electron chi connectivity index (χ1n) is 8.26. The minimum absolute atomic E-state index is 0.0882. The van der Waals surface area contributed by atoms with E-state index in [0.717, 1.165) is 12.8 Å². The normalized spacial score (nSPS) is 33.8. The Morgan fingerprint density at radius 2 is 1.71 bits per heavy atom. The van der Waals surface area contributed by atoms with Crippen molar-refractivity contribution in [3.8, 4) is 0 Å². The second-order valence-corrected chi connectivity index (χ2v) is 6.78. The molecule has 2 aliphatic carbocycles. The summed E-state index contributed by atoms with van der Waals surface area (Å²) >= 11 is 0. The van der Waals surface area contributed by atoms with E-state index in [-0.39, 0.29) is 24.3 Å². The molecule has 0 spiro atoms. The summed E-state index contributed by atoms with van der Waals surface area (Å²) in [6.07, 6.45) is 6.38. The zero-order valence-corrected chi connectivity index (χ0v) is 12.4. The van der Waals surface area contributed by atoms with E-state index in [2.05, 4.69) is 5.32 Å². The Hall–Kier alpha value is -1.10. The number of carbonyl (C=O) groups excluding carboxylic acids is 1. The molecule has 0 aromatic rings. The lowest BCUT2D eigenvalue weighted by atomic mass is 9.86. The minimum Gasteiger partial charge on any atom is -0.481 e. The molecule has 5 nitrogen and oxygen atoms in total. The number of amides is 1. The predicted molar refractivity (Wildman–Crippen MR) is 76.6 cm³/mol. The molecule has 21 heavy (non-hydrogen) atoms. The smallest absolute Gasteiger partial charge is 0.308 e. The Kier molecular flexibility index (Phi) is 4.48. The van der Waals surface area contributed by atoms with Crippen LogP contribution in [0.2, 0.25) is 0 Å². The molecule has 118 valence electrons. The van der Waals surface area contributed by atoms with E-state index in [1.165, 1.54) is 25.7 Å². The lowest BCUT2D eigenvalue weighted by molar-refractivity contribution is -0.145. The number of carbonyl (C=O) groups is 2. The molecule has 2 N–H and O–H groups in total. The lowest BCUT2D eigenvalue weighted by Crippen LogP contribution is -2.39. The molecule has 1 aliphatic heterocycles. The molecule has 3 atom stereocenters. The number of carboxylic acid groups (broad SMARTS) is 1. The molecular formula is C16H25NO4. The lowest BCUT2D eigenvalue weighted by Gasteiger charge is -2.27. The van der Waals surface area contributed by atoms with Crippen molar-refractivity contribution in [2.75, 3.05) is 19.8 Å². The number of ether oxygens (including phenoxy) is 1. The summed E-state index contributed by atoms with van der Waals surface area (Å²) in [6, 6.07) is 0. The first-order chi connectivity index (χ1) is 10.2. The topological polar surface area (TPSA) is 75.6 Å². The summed E-state index contributed by atoms with van der Waals surface area (Å²) in [5.41, 5.74) is 0. The van der Waals surface area contributed by atoms with Crippen LogP contribution in [-0.2, 0) is 14.3 Å². The number of carboxylic acids is 1. The average Bonchev–Trinajstić information content (AvgIpc) is 3.22. The zero-order valence-electron chi connectivity index (χ0n) is 12.4. The van der Waals surface area contributed by atoms with Crippen LogP contribution in [0.5, 0.6) is 0 Å². The summed E-state index contributed by atoms with van der Waals surface area (Å²) in [7, 11) is 0. The molecule has 3 rings (SSSR count). The van der Waals surface area contributed by atoms with E-state index in [1.807, 2.05) is 0 Å². The van der Waals surface area contributed by atoms with E-state index >= 15 is 0 Å². The van der Waals surface area contributed by atoms with E-state index in [4.69, 9.17) is 4.74 Å². The predicted octanol–water partition coefficient (Wildman–Crippen LogP) is 1.67. The van der Waals surface area contributed by atoms with Crippen molar-refractivity contribution in [3.63, 3.8) is 0 Å². The molecule has 1 saturated heterocycles. The highest BCUT2D eigenvalue weighted by molar-refractivity contribution is 5.83. The quantitative estimate of drug-likeness (QED) is 0.809. The van der Waals surface area contributed by atoms with Crippen molar-refractivity contribution >= 4 is 11.9 Å². The molecular weight excluding hydrogens is 270 g/mol. The number of nitrogens with one attached hydrogen (secondary N) is 1. The summed E-state index contributed by atoms with van der Waals surface area (Å²) in [5.74, 6) is 0.254. The van der Waals surface area contributed by atoms with Crippen LogP contribution in [0.1, 0.15) is 38.5 Å². The van der Waals surface area contributed by atoms with Crippen LogP contribution in [0.25, 0.3) is 0 Å². The van der Waals surface area contributed by atoms with Crippen molar-refractivity contribution in [1.29, 1.82) is 0 Å². The fraction of sp³-hybridized carbons (Fsp3) is 0.875. The van der Waals surface area contributed by atoms with Crippen LogP contribution < -0.4 is 5.32 Å². The van der Waals surface area contributed by atoms with Crippen molar-refractivity contribution < 1.29 is 19.4 Å². The van der Waals surface area contributed by atoms with Gasteiger partial charge in [-0.2, -0.15) is 0 Å². The Labute approximate surface area is 125 Å².